The molecule has 0 amide bonds. The summed E-state index contributed by atoms with van der Waals surface area (Å²) in [5.41, 5.74) is 2.20. The molecule has 1 atom stereocenters. The monoisotopic (exact) mass is 376 g/mol. The molecular formula is C22H28N6. The number of aryl methyl sites for hydroxylation is 2. The van der Waals surface area contributed by atoms with Gasteiger partial charge < -0.3 is 9.47 Å². The number of pyridine rings is 1. The van der Waals surface area contributed by atoms with E-state index in [1.165, 1.54) is 0 Å². The maximum atomic E-state index is 4.72. The van der Waals surface area contributed by atoms with Crippen molar-refractivity contribution in [2.75, 3.05) is 18.0 Å². The van der Waals surface area contributed by atoms with Gasteiger partial charge >= 0.3 is 0 Å². The summed E-state index contributed by atoms with van der Waals surface area (Å²) in [5.74, 6) is 3.47. The normalized spacial score (nSPS) is 17.1. The summed E-state index contributed by atoms with van der Waals surface area (Å²) in [6.07, 6.45) is 10.2. The number of piperidine rings is 1. The molecule has 0 spiro atoms. The van der Waals surface area contributed by atoms with Gasteiger partial charge in [0.2, 0.25) is 0 Å². The molecule has 28 heavy (non-hydrogen) atoms. The van der Waals surface area contributed by atoms with E-state index in [0.29, 0.717) is 5.92 Å². The van der Waals surface area contributed by atoms with Gasteiger partial charge in [-0.15, -0.1) is 0 Å². The number of anilines is 1. The Morgan fingerprint density at radius 1 is 1.11 bits per heavy atom. The van der Waals surface area contributed by atoms with Crippen molar-refractivity contribution in [1.29, 1.82) is 0 Å². The lowest BCUT2D eigenvalue weighted by atomic mass is 9.97. The first-order valence-electron chi connectivity index (χ1n) is 10.2. The van der Waals surface area contributed by atoms with Crippen molar-refractivity contribution in [2.45, 2.75) is 52.0 Å². The molecule has 6 nitrogen and oxygen atoms in total. The number of hydrogen-bond donors (Lipinski definition) is 0. The van der Waals surface area contributed by atoms with E-state index in [9.17, 15) is 0 Å². The Morgan fingerprint density at radius 3 is 2.86 bits per heavy atom. The lowest BCUT2D eigenvalue weighted by Gasteiger charge is -2.33. The first kappa shape index (κ1) is 18.6. The van der Waals surface area contributed by atoms with E-state index in [1.54, 1.807) is 0 Å². The van der Waals surface area contributed by atoms with E-state index in [2.05, 4.69) is 44.7 Å². The van der Waals surface area contributed by atoms with Crippen molar-refractivity contribution < 1.29 is 0 Å². The number of imidazole rings is 1. The van der Waals surface area contributed by atoms with Gasteiger partial charge in [0, 0.05) is 49.4 Å². The minimum absolute atomic E-state index is 0.400. The number of aromatic nitrogens is 5. The van der Waals surface area contributed by atoms with Gasteiger partial charge in [-0.1, -0.05) is 19.4 Å². The van der Waals surface area contributed by atoms with Gasteiger partial charge in [0.25, 0.3) is 0 Å². The predicted molar refractivity (Wildman–Crippen MR) is 111 cm³/mol. The Kier molecular flexibility index (Phi) is 5.65. The second-order valence-corrected chi connectivity index (χ2v) is 7.53. The molecule has 146 valence electrons. The van der Waals surface area contributed by atoms with Crippen LogP contribution in [0.15, 0.2) is 42.9 Å². The molecule has 0 N–H and O–H groups in total. The molecule has 3 aromatic rings. The lowest BCUT2D eigenvalue weighted by molar-refractivity contribution is 0.473. The number of nitrogens with zero attached hydrogens (tertiary/aromatic N) is 6. The zero-order valence-electron chi connectivity index (χ0n) is 16.8. The van der Waals surface area contributed by atoms with Crippen LogP contribution in [0.25, 0.3) is 0 Å². The van der Waals surface area contributed by atoms with Crippen LogP contribution in [0.1, 0.15) is 55.1 Å². The molecule has 1 aliphatic heterocycles. The van der Waals surface area contributed by atoms with Gasteiger partial charge in [0.1, 0.15) is 17.5 Å². The van der Waals surface area contributed by atoms with Crippen molar-refractivity contribution >= 4 is 5.82 Å². The van der Waals surface area contributed by atoms with Gasteiger partial charge in [-0.05, 0) is 38.3 Å². The molecule has 4 rings (SSSR count). The molecule has 0 aliphatic carbocycles. The van der Waals surface area contributed by atoms with Gasteiger partial charge in [-0.25, -0.2) is 15.0 Å². The molecule has 4 heterocycles. The van der Waals surface area contributed by atoms with Crippen LogP contribution in [0.5, 0.6) is 0 Å². The second kappa shape index (κ2) is 8.50. The van der Waals surface area contributed by atoms with Crippen LogP contribution < -0.4 is 4.90 Å². The third-order valence-corrected chi connectivity index (χ3v) is 5.30. The average Bonchev–Trinajstić information content (AvgIpc) is 3.17. The minimum atomic E-state index is 0.400. The summed E-state index contributed by atoms with van der Waals surface area (Å²) < 4.78 is 2.24. The fourth-order valence-electron chi connectivity index (χ4n) is 4.03. The molecular weight excluding hydrogens is 348 g/mol. The van der Waals surface area contributed by atoms with E-state index in [1.807, 2.05) is 31.5 Å². The summed E-state index contributed by atoms with van der Waals surface area (Å²) in [7, 11) is 0. The Morgan fingerprint density at radius 2 is 2.04 bits per heavy atom. The van der Waals surface area contributed by atoms with Crippen LogP contribution in [0, 0.1) is 6.92 Å². The second-order valence-electron chi connectivity index (χ2n) is 7.53. The summed E-state index contributed by atoms with van der Waals surface area (Å²) in [5, 5.41) is 0. The minimum Gasteiger partial charge on any atom is -0.356 e. The zero-order valence-corrected chi connectivity index (χ0v) is 16.8. The highest BCUT2D eigenvalue weighted by molar-refractivity contribution is 5.41. The smallest absolute Gasteiger partial charge is 0.132 e. The van der Waals surface area contributed by atoms with Crippen LogP contribution in [-0.2, 0) is 13.0 Å². The molecule has 1 fully saturated rings. The van der Waals surface area contributed by atoms with Gasteiger partial charge in [0.05, 0.1) is 12.2 Å². The van der Waals surface area contributed by atoms with Crippen LogP contribution >= 0.6 is 0 Å². The van der Waals surface area contributed by atoms with E-state index in [0.717, 1.165) is 74.2 Å². The topological polar surface area (TPSA) is 59.7 Å². The standard InChI is InChI=1S/C22H28N6/c1-3-7-19-14-21(26-17(2)25-19)27-12-6-8-18(15-27)22-24-11-13-28(22)16-20-9-4-5-10-23-20/h4-5,9-11,13-14,18H,3,6-8,12,15-16H2,1-2H3. The third kappa shape index (κ3) is 4.21. The van der Waals surface area contributed by atoms with Crippen molar-refractivity contribution in [2.24, 2.45) is 0 Å². The van der Waals surface area contributed by atoms with Crippen LogP contribution in [0.3, 0.4) is 0 Å². The van der Waals surface area contributed by atoms with E-state index in [-0.39, 0.29) is 0 Å². The molecule has 0 aromatic carbocycles. The molecule has 1 unspecified atom stereocenters. The fraction of sp³-hybridized carbons (Fsp3) is 0.455. The van der Waals surface area contributed by atoms with Crippen LogP contribution in [0.4, 0.5) is 5.82 Å². The van der Waals surface area contributed by atoms with Gasteiger partial charge in [0.15, 0.2) is 0 Å². The first-order valence-corrected chi connectivity index (χ1v) is 10.2. The SMILES string of the molecule is CCCc1cc(N2CCCC(c3nccn3Cc3ccccn3)C2)nc(C)n1. The Bertz CT molecular complexity index is 904. The lowest BCUT2D eigenvalue weighted by Crippen LogP contribution is -2.36. The molecule has 0 bridgehead atoms. The highest BCUT2D eigenvalue weighted by atomic mass is 15.2. The Balaban J connectivity index is 1.53. The molecule has 1 aliphatic rings. The third-order valence-electron chi connectivity index (χ3n) is 5.30. The number of rotatable bonds is 6. The van der Waals surface area contributed by atoms with Gasteiger partial charge in [-0.2, -0.15) is 0 Å². The zero-order chi connectivity index (χ0) is 19.3. The number of hydrogen-bond acceptors (Lipinski definition) is 5. The molecule has 3 aromatic heterocycles. The highest BCUT2D eigenvalue weighted by Gasteiger charge is 2.26. The summed E-state index contributed by atoms with van der Waals surface area (Å²) in [6.45, 7) is 6.93. The first-order chi connectivity index (χ1) is 13.7. The van der Waals surface area contributed by atoms with Crippen molar-refractivity contribution in [1.82, 2.24) is 24.5 Å². The maximum absolute atomic E-state index is 4.72. The predicted octanol–water partition coefficient (Wildman–Crippen LogP) is 3.76. The summed E-state index contributed by atoms with van der Waals surface area (Å²) >= 11 is 0. The van der Waals surface area contributed by atoms with Crippen LogP contribution in [0.2, 0.25) is 0 Å². The molecule has 0 radical (unpaired) electrons. The van der Waals surface area contributed by atoms with Gasteiger partial charge in [-0.3, -0.25) is 4.98 Å². The van der Waals surface area contributed by atoms with Crippen LogP contribution in [-0.4, -0.2) is 37.6 Å². The molecule has 0 saturated carbocycles. The van der Waals surface area contributed by atoms with E-state index in [4.69, 9.17) is 9.97 Å². The van der Waals surface area contributed by atoms with E-state index < -0.39 is 0 Å². The highest BCUT2D eigenvalue weighted by Crippen LogP contribution is 2.29. The van der Waals surface area contributed by atoms with Crippen molar-refractivity contribution in [3.63, 3.8) is 0 Å². The van der Waals surface area contributed by atoms with Crippen molar-refractivity contribution in [3.8, 4) is 0 Å². The van der Waals surface area contributed by atoms with Crippen molar-refractivity contribution in [3.05, 3.63) is 65.9 Å². The van der Waals surface area contributed by atoms with E-state index >= 15 is 0 Å². The maximum Gasteiger partial charge on any atom is 0.132 e. The Labute approximate surface area is 166 Å². The average molecular weight is 377 g/mol. The molecule has 6 heteroatoms. The Hall–Kier alpha value is -2.76. The largest absolute Gasteiger partial charge is 0.356 e. The quantitative estimate of drug-likeness (QED) is 0.655. The summed E-state index contributed by atoms with van der Waals surface area (Å²) in [6, 6.07) is 8.22. The summed E-state index contributed by atoms with van der Waals surface area (Å²) in [4.78, 5) is 20.9. The fourth-order valence-corrected chi connectivity index (χ4v) is 4.03. The molecule has 1 saturated heterocycles.